The molecule has 2 rings (SSSR count). The monoisotopic (exact) mass is 373 g/mol. The van der Waals surface area contributed by atoms with Crippen LogP contribution in [0, 0.1) is 0 Å². The lowest BCUT2D eigenvalue weighted by atomic mass is 10.3. The minimum atomic E-state index is -3.01. The van der Waals surface area contributed by atoms with Gasteiger partial charge in [0.15, 0.2) is 5.96 Å². The number of nitrogens with zero attached hydrogens (tertiary/aromatic N) is 3. The Morgan fingerprint density at radius 3 is 3.00 bits per heavy atom. The van der Waals surface area contributed by atoms with Crippen molar-refractivity contribution in [1.82, 2.24) is 15.6 Å². The fourth-order valence-corrected chi connectivity index (χ4v) is 3.18. The van der Waals surface area contributed by atoms with Gasteiger partial charge in [0.25, 0.3) is 0 Å². The molecule has 1 aliphatic heterocycles. The van der Waals surface area contributed by atoms with Gasteiger partial charge in [0.2, 0.25) is 0 Å². The Morgan fingerprint density at radius 1 is 1.54 bits per heavy atom. The SMILES string of the molecule is CCNC(=NCCS(C)(=O)=O)NC1CCN(c2ncccc2Cl)C1. The third-order valence-electron chi connectivity index (χ3n) is 3.64. The van der Waals surface area contributed by atoms with Crippen LogP contribution < -0.4 is 15.5 Å². The van der Waals surface area contributed by atoms with E-state index in [0.29, 0.717) is 17.5 Å². The molecule has 1 aliphatic rings. The molecule has 1 unspecified atom stereocenters. The van der Waals surface area contributed by atoms with Gasteiger partial charge >= 0.3 is 0 Å². The van der Waals surface area contributed by atoms with E-state index in [1.54, 1.807) is 6.20 Å². The van der Waals surface area contributed by atoms with E-state index in [9.17, 15) is 8.42 Å². The first kappa shape index (κ1) is 18.8. The molecular weight excluding hydrogens is 350 g/mol. The fraction of sp³-hybridized carbons (Fsp3) is 0.600. The first-order valence-corrected chi connectivity index (χ1v) is 10.4. The number of anilines is 1. The van der Waals surface area contributed by atoms with Gasteiger partial charge in [-0.3, -0.25) is 4.99 Å². The smallest absolute Gasteiger partial charge is 0.191 e. The van der Waals surface area contributed by atoms with E-state index in [-0.39, 0.29) is 18.3 Å². The third-order valence-corrected chi connectivity index (χ3v) is 4.86. The summed E-state index contributed by atoms with van der Waals surface area (Å²) in [5.41, 5.74) is 0. The Bertz CT molecular complexity index is 680. The Balaban J connectivity index is 1.94. The summed E-state index contributed by atoms with van der Waals surface area (Å²) in [4.78, 5) is 10.8. The molecule has 2 N–H and O–H groups in total. The average molecular weight is 374 g/mol. The van der Waals surface area contributed by atoms with Crippen LogP contribution in [0.15, 0.2) is 23.3 Å². The molecule has 2 heterocycles. The normalized spacial score (nSPS) is 18.7. The summed E-state index contributed by atoms with van der Waals surface area (Å²) in [6.45, 7) is 4.57. The number of hydrogen-bond acceptors (Lipinski definition) is 5. The van der Waals surface area contributed by atoms with Crippen LogP contribution in [0.5, 0.6) is 0 Å². The van der Waals surface area contributed by atoms with Gasteiger partial charge in [-0.25, -0.2) is 13.4 Å². The van der Waals surface area contributed by atoms with Crippen molar-refractivity contribution in [3.63, 3.8) is 0 Å². The second-order valence-corrected chi connectivity index (χ2v) is 8.44. The van der Waals surface area contributed by atoms with Crippen molar-refractivity contribution in [1.29, 1.82) is 0 Å². The maximum atomic E-state index is 11.2. The van der Waals surface area contributed by atoms with E-state index in [1.807, 2.05) is 19.1 Å². The zero-order chi connectivity index (χ0) is 17.6. The third kappa shape index (κ3) is 5.83. The van der Waals surface area contributed by atoms with E-state index < -0.39 is 9.84 Å². The number of aliphatic imine (C=N–C) groups is 1. The summed E-state index contributed by atoms with van der Waals surface area (Å²) in [6.07, 6.45) is 3.89. The topological polar surface area (TPSA) is 86.7 Å². The van der Waals surface area contributed by atoms with E-state index in [2.05, 4.69) is 25.5 Å². The summed E-state index contributed by atoms with van der Waals surface area (Å²) in [7, 11) is -3.01. The summed E-state index contributed by atoms with van der Waals surface area (Å²) in [6, 6.07) is 3.86. The molecule has 134 valence electrons. The molecule has 1 atom stereocenters. The molecule has 0 spiro atoms. The van der Waals surface area contributed by atoms with Crippen LogP contribution in [-0.2, 0) is 9.84 Å². The largest absolute Gasteiger partial charge is 0.357 e. The molecule has 7 nitrogen and oxygen atoms in total. The molecule has 1 fully saturated rings. The minimum absolute atomic E-state index is 0.0455. The van der Waals surface area contributed by atoms with Gasteiger partial charge in [-0.15, -0.1) is 0 Å². The molecule has 0 aromatic carbocycles. The number of guanidine groups is 1. The lowest BCUT2D eigenvalue weighted by molar-refractivity contribution is 0.601. The number of sulfone groups is 1. The van der Waals surface area contributed by atoms with Gasteiger partial charge < -0.3 is 15.5 Å². The quantitative estimate of drug-likeness (QED) is 0.569. The number of aromatic nitrogens is 1. The lowest BCUT2D eigenvalue weighted by Gasteiger charge is -2.20. The number of pyridine rings is 1. The van der Waals surface area contributed by atoms with Crippen molar-refractivity contribution in [2.24, 2.45) is 4.99 Å². The summed E-state index contributed by atoms with van der Waals surface area (Å²) in [5, 5.41) is 7.14. The summed E-state index contributed by atoms with van der Waals surface area (Å²) < 4.78 is 22.4. The lowest BCUT2D eigenvalue weighted by Crippen LogP contribution is -2.44. The second kappa shape index (κ2) is 8.53. The van der Waals surface area contributed by atoms with Gasteiger partial charge in [-0.1, -0.05) is 11.6 Å². The molecule has 0 radical (unpaired) electrons. The predicted molar refractivity (Wildman–Crippen MR) is 98.7 cm³/mol. The van der Waals surface area contributed by atoms with E-state index >= 15 is 0 Å². The van der Waals surface area contributed by atoms with Gasteiger partial charge in [-0.2, -0.15) is 0 Å². The molecule has 24 heavy (non-hydrogen) atoms. The molecule has 1 aromatic heterocycles. The number of hydrogen-bond donors (Lipinski definition) is 2. The van der Waals surface area contributed by atoms with Crippen LogP contribution in [0.25, 0.3) is 0 Å². The van der Waals surface area contributed by atoms with Crippen LogP contribution >= 0.6 is 11.6 Å². The van der Waals surface area contributed by atoms with Gasteiger partial charge in [0, 0.05) is 38.1 Å². The maximum absolute atomic E-state index is 11.2. The highest BCUT2D eigenvalue weighted by Crippen LogP contribution is 2.25. The Morgan fingerprint density at radius 2 is 2.33 bits per heavy atom. The Kier molecular flexibility index (Phi) is 6.68. The number of halogens is 1. The van der Waals surface area contributed by atoms with Crippen molar-refractivity contribution in [2.75, 3.05) is 43.1 Å². The number of rotatable bonds is 6. The van der Waals surface area contributed by atoms with Gasteiger partial charge in [0.05, 0.1) is 17.3 Å². The molecule has 0 aliphatic carbocycles. The average Bonchev–Trinajstić information content (AvgIpc) is 2.95. The first-order valence-electron chi connectivity index (χ1n) is 7.97. The van der Waals surface area contributed by atoms with Gasteiger partial charge in [-0.05, 0) is 25.5 Å². The van der Waals surface area contributed by atoms with Crippen LogP contribution in [0.1, 0.15) is 13.3 Å². The molecule has 0 amide bonds. The Labute approximate surface area is 148 Å². The van der Waals surface area contributed by atoms with E-state index in [0.717, 1.165) is 25.3 Å². The van der Waals surface area contributed by atoms with Crippen molar-refractivity contribution in [2.45, 2.75) is 19.4 Å². The van der Waals surface area contributed by atoms with Crippen LogP contribution in [0.3, 0.4) is 0 Å². The maximum Gasteiger partial charge on any atom is 0.191 e. The molecule has 0 bridgehead atoms. The first-order chi connectivity index (χ1) is 11.4. The molecule has 1 aromatic rings. The van der Waals surface area contributed by atoms with Crippen LogP contribution in [0.2, 0.25) is 5.02 Å². The van der Waals surface area contributed by atoms with Gasteiger partial charge in [0.1, 0.15) is 15.7 Å². The second-order valence-electron chi connectivity index (χ2n) is 5.78. The van der Waals surface area contributed by atoms with Crippen molar-refractivity contribution in [3.8, 4) is 0 Å². The van der Waals surface area contributed by atoms with Crippen molar-refractivity contribution >= 4 is 33.2 Å². The van der Waals surface area contributed by atoms with Crippen LogP contribution in [0.4, 0.5) is 5.82 Å². The van der Waals surface area contributed by atoms with Crippen LogP contribution in [-0.4, -0.2) is 63.6 Å². The predicted octanol–water partition coefficient (Wildman–Crippen LogP) is 0.913. The van der Waals surface area contributed by atoms with Crippen molar-refractivity contribution in [3.05, 3.63) is 23.4 Å². The molecule has 9 heteroatoms. The summed E-state index contributed by atoms with van der Waals surface area (Å²) in [5.74, 6) is 1.48. The fourth-order valence-electron chi connectivity index (χ4n) is 2.52. The molecule has 0 saturated carbocycles. The highest BCUT2D eigenvalue weighted by Gasteiger charge is 2.25. The molecular formula is C15H24ClN5O2S. The standard InChI is InChI=1S/C15H24ClN5O2S/c1-3-17-15(19-8-10-24(2,22)23)20-12-6-9-21(11-12)14-13(16)5-4-7-18-14/h4-5,7,12H,3,6,8-11H2,1-2H3,(H2,17,19,20). The van der Waals surface area contributed by atoms with Crippen molar-refractivity contribution < 1.29 is 8.42 Å². The molecule has 1 saturated heterocycles. The Hall–Kier alpha value is -1.54. The van der Waals surface area contributed by atoms with E-state index in [1.165, 1.54) is 6.26 Å². The highest BCUT2D eigenvalue weighted by atomic mass is 35.5. The number of nitrogens with one attached hydrogen (secondary N) is 2. The van der Waals surface area contributed by atoms with E-state index in [4.69, 9.17) is 11.6 Å². The highest BCUT2D eigenvalue weighted by molar-refractivity contribution is 7.90. The minimum Gasteiger partial charge on any atom is -0.357 e. The zero-order valence-corrected chi connectivity index (χ0v) is 15.6. The zero-order valence-electron chi connectivity index (χ0n) is 14.0. The summed E-state index contributed by atoms with van der Waals surface area (Å²) >= 11 is 6.20.